The maximum Gasteiger partial charge on any atom is 0.410 e. The maximum absolute atomic E-state index is 12.2. The first-order valence-corrected chi connectivity index (χ1v) is 7.84. The van der Waals surface area contributed by atoms with Crippen LogP contribution in [0.1, 0.15) is 34.6 Å². The highest BCUT2D eigenvalue weighted by Gasteiger charge is 2.25. The van der Waals surface area contributed by atoms with Crippen LogP contribution in [0.4, 0.5) is 10.6 Å². The topological polar surface area (TPSA) is 45.7 Å². The summed E-state index contributed by atoms with van der Waals surface area (Å²) in [7, 11) is 1.94. The van der Waals surface area contributed by atoms with E-state index in [0.717, 1.165) is 5.82 Å². The van der Waals surface area contributed by atoms with E-state index in [-0.39, 0.29) is 12.1 Å². The number of carbonyl (C=O) groups excluding carboxylic acids is 1. The number of nitrogens with zero attached hydrogens (tertiary/aromatic N) is 3. The Morgan fingerprint density at radius 1 is 1.41 bits per heavy atom. The average molecular weight is 328 g/mol. The van der Waals surface area contributed by atoms with Crippen LogP contribution < -0.4 is 4.90 Å². The van der Waals surface area contributed by atoms with Crippen LogP contribution in [0.2, 0.25) is 5.02 Å². The quantitative estimate of drug-likeness (QED) is 0.824. The fourth-order valence-corrected chi connectivity index (χ4v) is 2.24. The molecule has 0 aliphatic rings. The number of amides is 1. The van der Waals surface area contributed by atoms with Crippen LogP contribution >= 0.6 is 11.6 Å². The van der Waals surface area contributed by atoms with Gasteiger partial charge in [0.25, 0.3) is 0 Å². The lowest BCUT2D eigenvalue weighted by molar-refractivity contribution is 0.0195. The molecule has 1 atom stereocenters. The molecule has 5 nitrogen and oxygen atoms in total. The zero-order valence-electron chi connectivity index (χ0n) is 14.3. The van der Waals surface area contributed by atoms with Crippen LogP contribution in [0.25, 0.3) is 0 Å². The molecule has 1 aromatic rings. The Morgan fingerprint density at radius 2 is 2.05 bits per heavy atom. The van der Waals surface area contributed by atoms with Crippen LogP contribution in [0.3, 0.4) is 0 Å². The summed E-state index contributed by atoms with van der Waals surface area (Å²) in [5.74, 6) is 0.816. The third-order valence-electron chi connectivity index (χ3n) is 3.14. The lowest BCUT2D eigenvalue weighted by Gasteiger charge is -2.33. The summed E-state index contributed by atoms with van der Waals surface area (Å²) in [6.07, 6.45) is 1.32. The molecule has 0 aliphatic carbocycles. The van der Waals surface area contributed by atoms with Crippen molar-refractivity contribution in [1.82, 2.24) is 9.88 Å². The molecule has 0 aliphatic heterocycles. The van der Waals surface area contributed by atoms with Crippen molar-refractivity contribution in [2.45, 2.75) is 46.3 Å². The number of ether oxygens (including phenoxy) is 1. The normalized spacial score (nSPS) is 12.7. The van der Waals surface area contributed by atoms with Gasteiger partial charge >= 0.3 is 6.09 Å². The summed E-state index contributed by atoms with van der Waals surface area (Å²) < 4.78 is 5.45. The van der Waals surface area contributed by atoms with Crippen molar-refractivity contribution in [3.8, 4) is 0 Å². The molecule has 1 aromatic heterocycles. The highest BCUT2D eigenvalue weighted by atomic mass is 35.5. The minimum absolute atomic E-state index is 0.00216. The van der Waals surface area contributed by atoms with Crippen molar-refractivity contribution in [2.75, 3.05) is 25.0 Å². The third-order valence-corrected chi connectivity index (χ3v) is 3.37. The lowest BCUT2D eigenvalue weighted by atomic mass is 10.2. The second-order valence-electron chi connectivity index (χ2n) is 6.33. The van der Waals surface area contributed by atoms with E-state index in [2.05, 4.69) is 4.98 Å². The Balaban J connectivity index is 2.69. The zero-order valence-corrected chi connectivity index (χ0v) is 15.0. The number of aromatic nitrogens is 1. The van der Waals surface area contributed by atoms with Gasteiger partial charge in [0, 0.05) is 32.4 Å². The van der Waals surface area contributed by atoms with Crippen molar-refractivity contribution >= 4 is 23.5 Å². The first-order valence-electron chi connectivity index (χ1n) is 7.46. The number of hydrogen-bond donors (Lipinski definition) is 0. The maximum atomic E-state index is 12.2. The minimum Gasteiger partial charge on any atom is -0.444 e. The van der Waals surface area contributed by atoms with E-state index in [1.807, 2.05) is 52.6 Å². The highest BCUT2D eigenvalue weighted by Crippen LogP contribution is 2.16. The van der Waals surface area contributed by atoms with E-state index in [0.29, 0.717) is 18.1 Å². The van der Waals surface area contributed by atoms with Gasteiger partial charge < -0.3 is 14.5 Å². The molecule has 1 rings (SSSR count). The van der Waals surface area contributed by atoms with E-state index in [9.17, 15) is 4.79 Å². The summed E-state index contributed by atoms with van der Waals surface area (Å²) in [6.45, 7) is 10.8. The molecule has 1 heterocycles. The van der Waals surface area contributed by atoms with E-state index >= 15 is 0 Å². The second kappa shape index (κ2) is 7.68. The van der Waals surface area contributed by atoms with E-state index in [4.69, 9.17) is 16.3 Å². The summed E-state index contributed by atoms with van der Waals surface area (Å²) in [6, 6.07) is 3.66. The molecule has 0 aromatic carbocycles. The summed E-state index contributed by atoms with van der Waals surface area (Å²) in [4.78, 5) is 20.2. The van der Waals surface area contributed by atoms with Gasteiger partial charge in [-0.15, -0.1) is 0 Å². The second-order valence-corrected chi connectivity index (χ2v) is 6.77. The van der Waals surface area contributed by atoms with Gasteiger partial charge in [0.15, 0.2) is 0 Å². The van der Waals surface area contributed by atoms with E-state index in [1.165, 1.54) is 0 Å². The molecule has 0 unspecified atom stereocenters. The summed E-state index contributed by atoms with van der Waals surface area (Å²) >= 11 is 5.85. The highest BCUT2D eigenvalue weighted by molar-refractivity contribution is 6.30. The largest absolute Gasteiger partial charge is 0.444 e. The van der Waals surface area contributed by atoms with Gasteiger partial charge in [0.05, 0.1) is 5.02 Å². The van der Waals surface area contributed by atoms with Crippen LogP contribution in [-0.2, 0) is 4.74 Å². The number of rotatable bonds is 5. The number of carbonyl (C=O) groups is 1. The Morgan fingerprint density at radius 3 is 2.50 bits per heavy atom. The average Bonchev–Trinajstić information content (AvgIpc) is 2.37. The summed E-state index contributed by atoms with van der Waals surface area (Å²) in [5.41, 5.74) is -0.492. The molecule has 0 bridgehead atoms. The van der Waals surface area contributed by atoms with Crippen LogP contribution in [0, 0.1) is 0 Å². The standard InChI is InChI=1S/C16H26ClN3O2/c1-7-20(15(21)22-16(3,4)5)12(2)11-19(6)14-9-8-13(17)10-18-14/h8-10,12H,7,11H2,1-6H3/t12-/m0/s1. The number of halogens is 1. The van der Waals surface area contributed by atoms with Crippen LogP contribution in [0.5, 0.6) is 0 Å². The fourth-order valence-electron chi connectivity index (χ4n) is 2.12. The number of likely N-dealkylation sites (N-methyl/N-ethyl adjacent to an activating group) is 2. The van der Waals surface area contributed by atoms with Gasteiger partial charge in [-0.3, -0.25) is 0 Å². The van der Waals surface area contributed by atoms with Gasteiger partial charge in [-0.25, -0.2) is 9.78 Å². The predicted octanol–water partition coefficient (Wildman–Crippen LogP) is 3.82. The number of pyridine rings is 1. The van der Waals surface area contributed by atoms with Gasteiger partial charge in [-0.1, -0.05) is 11.6 Å². The molecular formula is C16H26ClN3O2. The van der Waals surface area contributed by atoms with Gasteiger partial charge in [0.1, 0.15) is 11.4 Å². The molecule has 0 radical (unpaired) electrons. The van der Waals surface area contributed by atoms with Crippen LogP contribution in [-0.4, -0.2) is 47.8 Å². The smallest absolute Gasteiger partial charge is 0.410 e. The zero-order chi connectivity index (χ0) is 16.9. The SMILES string of the molecule is CCN(C(=O)OC(C)(C)C)[C@@H](C)CN(C)c1ccc(Cl)cn1. The van der Waals surface area contributed by atoms with E-state index in [1.54, 1.807) is 17.2 Å². The summed E-state index contributed by atoms with van der Waals surface area (Å²) in [5, 5.41) is 0.606. The van der Waals surface area contributed by atoms with Gasteiger partial charge in [0.2, 0.25) is 0 Å². The number of anilines is 1. The van der Waals surface area contributed by atoms with Crippen molar-refractivity contribution in [2.24, 2.45) is 0 Å². The molecule has 22 heavy (non-hydrogen) atoms. The molecule has 0 spiro atoms. The molecule has 124 valence electrons. The Kier molecular flexibility index (Phi) is 6.48. The van der Waals surface area contributed by atoms with Crippen LogP contribution in [0.15, 0.2) is 18.3 Å². The Labute approximate surface area is 138 Å². The van der Waals surface area contributed by atoms with Gasteiger partial charge in [-0.2, -0.15) is 0 Å². The molecule has 1 amide bonds. The van der Waals surface area contributed by atoms with Crippen molar-refractivity contribution < 1.29 is 9.53 Å². The first-order chi connectivity index (χ1) is 10.1. The molecule has 0 fully saturated rings. The molecule has 0 N–H and O–H groups in total. The first kappa shape index (κ1) is 18.6. The van der Waals surface area contributed by atoms with Crippen molar-refractivity contribution in [1.29, 1.82) is 0 Å². The lowest BCUT2D eigenvalue weighted by Crippen LogP contribution is -2.46. The Hall–Kier alpha value is -1.49. The Bertz CT molecular complexity index is 485. The van der Waals surface area contributed by atoms with Gasteiger partial charge in [-0.05, 0) is 46.8 Å². The van der Waals surface area contributed by atoms with Crippen molar-refractivity contribution in [3.05, 3.63) is 23.4 Å². The predicted molar refractivity (Wildman–Crippen MR) is 90.6 cm³/mol. The molecule has 0 saturated heterocycles. The molecule has 6 heteroatoms. The number of hydrogen-bond acceptors (Lipinski definition) is 4. The molecule has 0 saturated carbocycles. The minimum atomic E-state index is -0.492. The fraction of sp³-hybridized carbons (Fsp3) is 0.625. The van der Waals surface area contributed by atoms with Crippen molar-refractivity contribution in [3.63, 3.8) is 0 Å². The monoisotopic (exact) mass is 327 g/mol. The molecular weight excluding hydrogens is 302 g/mol. The van der Waals surface area contributed by atoms with E-state index < -0.39 is 5.60 Å². The third kappa shape index (κ3) is 5.72.